The number of phenolic OH excluding ortho intramolecular Hbond substituents is 1. The molecule has 1 aliphatic rings. The molecule has 0 bridgehead atoms. The van der Waals surface area contributed by atoms with Gasteiger partial charge in [0.25, 0.3) is 11.7 Å². The zero-order valence-corrected chi connectivity index (χ0v) is 19.7. The van der Waals surface area contributed by atoms with Gasteiger partial charge >= 0.3 is 0 Å². The number of aromatic hydroxyl groups is 1. The molecular weight excluding hydrogens is 486 g/mol. The Labute approximate surface area is 199 Å². The first kappa shape index (κ1) is 22.6. The fourth-order valence-corrected chi connectivity index (χ4v) is 4.24. The Morgan fingerprint density at radius 2 is 1.79 bits per heavy atom. The third-order valence-electron chi connectivity index (χ3n) is 5.52. The van der Waals surface area contributed by atoms with Gasteiger partial charge in [0.15, 0.2) is 11.5 Å². The molecule has 0 aromatic heterocycles. The summed E-state index contributed by atoms with van der Waals surface area (Å²) in [7, 11) is 0. The van der Waals surface area contributed by atoms with E-state index in [9.17, 15) is 19.8 Å². The second kappa shape index (κ2) is 9.11. The largest absolute Gasteiger partial charge is 0.507 e. The van der Waals surface area contributed by atoms with Gasteiger partial charge in [0.1, 0.15) is 5.76 Å². The Morgan fingerprint density at radius 3 is 2.45 bits per heavy atom. The van der Waals surface area contributed by atoms with Crippen LogP contribution in [0.3, 0.4) is 0 Å². The lowest BCUT2D eigenvalue weighted by atomic mass is 9.94. The number of Topliss-reactive ketones (excluding diaryl/α,β-unsaturated/α-hetero) is 1. The van der Waals surface area contributed by atoms with Crippen molar-refractivity contribution in [3.05, 3.63) is 93.5 Å². The van der Waals surface area contributed by atoms with Crippen molar-refractivity contribution in [3.8, 4) is 11.5 Å². The maximum atomic E-state index is 13.2. The maximum absolute atomic E-state index is 13.2. The number of carbonyl (C=O) groups excluding carboxylic acids is 2. The normalized spacial score (nSPS) is 17.4. The molecule has 0 aliphatic carbocycles. The molecule has 6 nitrogen and oxygen atoms in total. The minimum atomic E-state index is -0.917. The minimum Gasteiger partial charge on any atom is -0.507 e. The van der Waals surface area contributed by atoms with E-state index in [2.05, 4.69) is 15.9 Å². The number of hydrogen-bond donors (Lipinski definition) is 2. The van der Waals surface area contributed by atoms with Crippen LogP contribution in [0.5, 0.6) is 11.5 Å². The lowest BCUT2D eigenvalue weighted by molar-refractivity contribution is -0.132. The van der Waals surface area contributed by atoms with E-state index >= 15 is 0 Å². The summed E-state index contributed by atoms with van der Waals surface area (Å²) >= 11 is 3.49. The Kier molecular flexibility index (Phi) is 6.24. The van der Waals surface area contributed by atoms with Crippen LogP contribution in [0.1, 0.15) is 29.7 Å². The molecule has 33 heavy (non-hydrogen) atoms. The second-order valence-electron chi connectivity index (χ2n) is 7.63. The van der Waals surface area contributed by atoms with Crippen LogP contribution in [0.2, 0.25) is 0 Å². The predicted octanol–water partition coefficient (Wildman–Crippen LogP) is 5.49. The molecular formula is C26H22BrNO5. The number of aryl methyl sites for hydroxylation is 1. The average molecular weight is 508 g/mol. The van der Waals surface area contributed by atoms with Gasteiger partial charge in [0.2, 0.25) is 0 Å². The highest BCUT2D eigenvalue weighted by molar-refractivity contribution is 9.10. The van der Waals surface area contributed by atoms with Crippen molar-refractivity contribution in [1.82, 2.24) is 0 Å². The van der Waals surface area contributed by atoms with E-state index in [1.807, 2.05) is 13.0 Å². The molecule has 7 heteroatoms. The summed E-state index contributed by atoms with van der Waals surface area (Å²) in [6.07, 6.45) is 0. The topological polar surface area (TPSA) is 87.1 Å². The van der Waals surface area contributed by atoms with Crippen molar-refractivity contribution < 1.29 is 24.5 Å². The van der Waals surface area contributed by atoms with Crippen LogP contribution in [-0.4, -0.2) is 28.5 Å². The molecule has 1 saturated heterocycles. The lowest BCUT2D eigenvalue weighted by Crippen LogP contribution is -2.29. The first-order chi connectivity index (χ1) is 15.8. The van der Waals surface area contributed by atoms with Gasteiger partial charge in [-0.15, -0.1) is 0 Å². The second-order valence-corrected chi connectivity index (χ2v) is 8.48. The number of rotatable bonds is 5. The summed E-state index contributed by atoms with van der Waals surface area (Å²) in [5.41, 5.74) is 2.38. The third kappa shape index (κ3) is 4.12. The highest BCUT2D eigenvalue weighted by Gasteiger charge is 2.47. The Bertz CT molecular complexity index is 1270. The van der Waals surface area contributed by atoms with Crippen molar-refractivity contribution in [1.29, 1.82) is 0 Å². The summed E-state index contributed by atoms with van der Waals surface area (Å²) in [5, 5.41) is 21.3. The lowest BCUT2D eigenvalue weighted by Gasteiger charge is -2.26. The molecule has 1 amide bonds. The van der Waals surface area contributed by atoms with Crippen LogP contribution in [0.25, 0.3) is 5.76 Å². The van der Waals surface area contributed by atoms with E-state index < -0.39 is 17.7 Å². The molecule has 2 N–H and O–H groups in total. The number of halogens is 1. The summed E-state index contributed by atoms with van der Waals surface area (Å²) < 4.78 is 6.30. The summed E-state index contributed by atoms with van der Waals surface area (Å²) in [5.74, 6) is -1.63. The molecule has 0 spiro atoms. The minimum absolute atomic E-state index is 0.0314. The van der Waals surface area contributed by atoms with E-state index in [0.717, 1.165) is 10.0 Å². The number of benzene rings is 3. The van der Waals surface area contributed by atoms with Crippen LogP contribution in [0.4, 0.5) is 5.69 Å². The number of carbonyl (C=O) groups is 2. The number of amides is 1. The van der Waals surface area contributed by atoms with Gasteiger partial charge in [-0.25, -0.2) is 0 Å². The molecule has 0 radical (unpaired) electrons. The van der Waals surface area contributed by atoms with Crippen LogP contribution in [0, 0.1) is 6.92 Å². The molecule has 4 rings (SSSR count). The Balaban J connectivity index is 1.97. The summed E-state index contributed by atoms with van der Waals surface area (Å²) in [6.45, 7) is 4.03. The maximum Gasteiger partial charge on any atom is 0.300 e. The van der Waals surface area contributed by atoms with E-state index in [1.165, 1.54) is 11.0 Å². The fraction of sp³-hybridized carbons (Fsp3) is 0.154. The van der Waals surface area contributed by atoms with E-state index in [1.54, 1.807) is 61.5 Å². The van der Waals surface area contributed by atoms with Gasteiger partial charge < -0.3 is 14.9 Å². The molecule has 3 aromatic carbocycles. The molecule has 168 valence electrons. The van der Waals surface area contributed by atoms with Crippen molar-refractivity contribution in [2.45, 2.75) is 19.9 Å². The molecule has 1 fully saturated rings. The number of phenols is 1. The fourth-order valence-electron chi connectivity index (χ4n) is 3.87. The van der Waals surface area contributed by atoms with E-state index in [0.29, 0.717) is 23.4 Å². The molecule has 1 heterocycles. The van der Waals surface area contributed by atoms with Gasteiger partial charge in [-0.1, -0.05) is 58.4 Å². The first-order valence-electron chi connectivity index (χ1n) is 10.4. The van der Waals surface area contributed by atoms with Gasteiger partial charge in [0, 0.05) is 15.7 Å². The number of ketones is 1. The third-order valence-corrected chi connectivity index (χ3v) is 6.38. The average Bonchev–Trinajstić information content (AvgIpc) is 3.08. The van der Waals surface area contributed by atoms with E-state index in [-0.39, 0.29) is 22.8 Å². The number of anilines is 1. The smallest absolute Gasteiger partial charge is 0.300 e. The van der Waals surface area contributed by atoms with Crippen LogP contribution in [0.15, 0.2) is 76.8 Å². The quantitative estimate of drug-likeness (QED) is 0.271. The first-order valence-corrected chi connectivity index (χ1v) is 11.2. The number of aliphatic hydroxyl groups excluding tert-OH is 1. The molecule has 1 aliphatic heterocycles. The van der Waals surface area contributed by atoms with Crippen molar-refractivity contribution in [3.63, 3.8) is 0 Å². The van der Waals surface area contributed by atoms with Crippen molar-refractivity contribution in [2.24, 2.45) is 0 Å². The Hall–Kier alpha value is -3.58. The molecule has 3 aromatic rings. The van der Waals surface area contributed by atoms with Crippen LogP contribution < -0.4 is 9.64 Å². The summed E-state index contributed by atoms with van der Waals surface area (Å²) in [6, 6.07) is 17.7. The monoisotopic (exact) mass is 507 g/mol. The van der Waals surface area contributed by atoms with Gasteiger partial charge in [0.05, 0.1) is 18.2 Å². The zero-order chi connectivity index (χ0) is 23.7. The number of ether oxygens (including phenoxy) is 1. The number of hydrogen-bond acceptors (Lipinski definition) is 5. The molecule has 1 atom stereocenters. The SMILES string of the molecule is CCOc1cc([C@@H]2C(=C(O)c3ccccc3)C(=O)C(=O)N2c2ccc(C)c(Br)c2)ccc1O. The van der Waals surface area contributed by atoms with Crippen molar-refractivity contribution >= 4 is 39.1 Å². The predicted molar refractivity (Wildman–Crippen MR) is 129 cm³/mol. The molecule has 0 unspecified atom stereocenters. The van der Waals surface area contributed by atoms with E-state index in [4.69, 9.17) is 4.74 Å². The van der Waals surface area contributed by atoms with Gasteiger partial charge in [-0.3, -0.25) is 14.5 Å². The number of aliphatic hydroxyl groups is 1. The number of nitrogens with zero attached hydrogens (tertiary/aromatic N) is 1. The van der Waals surface area contributed by atoms with Crippen LogP contribution in [-0.2, 0) is 9.59 Å². The molecule has 0 saturated carbocycles. The van der Waals surface area contributed by atoms with Crippen LogP contribution >= 0.6 is 15.9 Å². The highest BCUT2D eigenvalue weighted by atomic mass is 79.9. The highest BCUT2D eigenvalue weighted by Crippen LogP contribution is 2.44. The standard InChI is InChI=1S/C26H22BrNO5/c1-3-33-21-13-17(10-12-20(21)29)23-22(24(30)16-7-5-4-6-8-16)25(31)26(32)28(23)18-11-9-15(2)19(27)14-18/h4-14,23,29-30H,3H2,1-2H3/t23-/m1/s1. The van der Waals surface area contributed by atoms with Gasteiger partial charge in [-0.05, 0) is 49.2 Å². The van der Waals surface area contributed by atoms with Crippen molar-refractivity contribution in [2.75, 3.05) is 11.5 Å². The summed E-state index contributed by atoms with van der Waals surface area (Å²) in [4.78, 5) is 27.8. The Morgan fingerprint density at radius 1 is 1.06 bits per heavy atom. The van der Waals surface area contributed by atoms with Gasteiger partial charge in [-0.2, -0.15) is 0 Å². The zero-order valence-electron chi connectivity index (χ0n) is 18.1.